The van der Waals surface area contributed by atoms with E-state index >= 15 is 0 Å². The Morgan fingerprint density at radius 1 is 1.09 bits per heavy atom. The number of hydrogen-bond acceptors (Lipinski definition) is 1. The lowest BCUT2D eigenvalue weighted by molar-refractivity contribution is 0.534. The molecular formula is C22H43N. The number of nitrogens with zero attached hydrogens (tertiary/aromatic N) is 1. The first-order chi connectivity index (χ1) is 10.9. The maximum atomic E-state index is 4.46. The molecule has 1 nitrogen and oxygen atoms in total. The van der Waals surface area contributed by atoms with Crippen LogP contribution in [-0.2, 0) is 0 Å². The lowest BCUT2D eigenvalue weighted by Crippen LogP contribution is -1.87. The zero-order valence-electron chi connectivity index (χ0n) is 17.5. The first kappa shape index (κ1) is 26.8. The second kappa shape index (κ2) is 20.9. The number of unbranched alkanes of at least 4 members (excludes halogenated alkanes) is 2. The summed E-state index contributed by atoms with van der Waals surface area (Å²) >= 11 is 0. The molecule has 0 saturated carbocycles. The molecule has 0 bridgehead atoms. The van der Waals surface area contributed by atoms with E-state index in [1.54, 1.807) is 0 Å². The second-order valence-corrected chi connectivity index (χ2v) is 6.06. The Labute approximate surface area is 147 Å². The molecule has 0 N–H and O–H groups in total. The Morgan fingerprint density at radius 2 is 1.65 bits per heavy atom. The fraction of sp³-hybridized carbons (Fsp3) is 0.682. The molecule has 23 heavy (non-hydrogen) atoms. The fourth-order valence-corrected chi connectivity index (χ4v) is 1.71. The Kier molecular flexibility index (Phi) is 24.3. The summed E-state index contributed by atoms with van der Waals surface area (Å²) < 4.78 is 0. The van der Waals surface area contributed by atoms with Gasteiger partial charge in [-0.3, -0.25) is 4.99 Å². The standard InChI is InChI=1S/C12H19N.C8H18.C2H6/c1-6-8-9-12(11(5)7-2)13-10(3)4;1-4-5-6-7-8(2)3;1-2/h6-8H,2,9H2,1,3-5H3;8H,4-7H2,1-3H3;1-2H3/b8-6-,12-11+;;. The highest BCUT2D eigenvalue weighted by Gasteiger charge is 1.95. The van der Waals surface area contributed by atoms with Gasteiger partial charge in [-0.15, -0.1) is 0 Å². The molecule has 0 radical (unpaired) electrons. The van der Waals surface area contributed by atoms with Gasteiger partial charge in [-0.1, -0.05) is 85.1 Å². The van der Waals surface area contributed by atoms with Gasteiger partial charge in [0.2, 0.25) is 0 Å². The predicted molar refractivity (Wildman–Crippen MR) is 111 cm³/mol. The van der Waals surface area contributed by atoms with E-state index < -0.39 is 0 Å². The molecule has 0 spiro atoms. The molecule has 0 atom stereocenters. The maximum absolute atomic E-state index is 4.46. The summed E-state index contributed by atoms with van der Waals surface area (Å²) in [5, 5.41) is 0. The van der Waals surface area contributed by atoms with Crippen molar-refractivity contribution in [2.45, 2.75) is 94.4 Å². The van der Waals surface area contributed by atoms with Gasteiger partial charge in [-0.05, 0) is 39.2 Å². The zero-order valence-corrected chi connectivity index (χ0v) is 17.5. The van der Waals surface area contributed by atoms with Gasteiger partial charge in [0.25, 0.3) is 0 Å². The third-order valence-corrected chi connectivity index (χ3v) is 3.05. The maximum Gasteiger partial charge on any atom is 0.0469 e. The van der Waals surface area contributed by atoms with Crippen molar-refractivity contribution in [3.05, 3.63) is 36.1 Å². The van der Waals surface area contributed by atoms with Gasteiger partial charge in [-0.25, -0.2) is 0 Å². The molecule has 0 aromatic rings. The molecular weight excluding hydrogens is 278 g/mol. The van der Waals surface area contributed by atoms with E-state index in [-0.39, 0.29) is 0 Å². The Bertz CT molecular complexity index is 339. The molecule has 0 amide bonds. The van der Waals surface area contributed by atoms with Crippen LogP contribution in [0.3, 0.4) is 0 Å². The predicted octanol–water partition coefficient (Wildman–Crippen LogP) is 8.14. The second-order valence-electron chi connectivity index (χ2n) is 6.06. The highest BCUT2D eigenvalue weighted by molar-refractivity contribution is 5.80. The quantitative estimate of drug-likeness (QED) is 0.185. The number of hydrogen-bond donors (Lipinski definition) is 0. The summed E-state index contributed by atoms with van der Waals surface area (Å²) in [6.45, 7) is 22.6. The van der Waals surface area contributed by atoms with Crippen molar-refractivity contribution in [3.8, 4) is 0 Å². The van der Waals surface area contributed by atoms with E-state index in [2.05, 4.69) is 38.4 Å². The summed E-state index contributed by atoms with van der Waals surface area (Å²) in [6.07, 6.45) is 12.5. The smallest absolute Gasteiger partial charge is 0.0469 e. The van der Waals surface area contributed by atoms with Crippen LogP contribution >= 0.6 is 0 Å². The molecule has 0 unspecified atom stereocenters. The minimum atomic E-state index is 0.888. The number of allylic oxidation sites excluding steroid dienone is 4. The number of aliphatic imine (C=N–C) groups is 1. The molecule has 1 heteroatoms. The normalized spacial score (nSPS) is 11.0. The van der Waals surface area contributed by atoms with Crippen LogP contribution in [0.5, 0.6) is 0 Å². The lowest BCUT2D eigenvalue weighted by atomic mass is 10.1. The van der Waals surface area contributed by atoms with Gasteiger partial charge >= 0.3 is 0 Å². The largest absolute Gasteiger partial charge is 0.262 e. The first-order valence-corrected chi connectivity index (χ1v) is 9.34. The van der Waals surface area contributed by atoms with Crippen LogP contribution in [0.1, 0.15) is 94.4 Å². The van der Waals surface area contributed by atoms with Gasteiger partial charge in [0.05, 0.1) is 0 Å². The third-order valence-electron chi connectivity index (χ3n) is 3.05. The molecule has 0 heterocycles. The molecule has 0 aliphatic rings. The molecule has 0 aromatic carbocycles. The molecule has 0 aliphatic carbocycles. The van der Waals surface area contributed by atoms with Gasteiger partial charge < -0.3 is 0 Å². The van der Waals surface area contributed by atoms with Gasteiger partial charge in [0, 0.05) is 17.8 Å². The van der Waals surface area contributed by atoms with Crippen molar-refractivity contribution in [2.24, 2.45) is 10.9 Å². The Hall–Kier alpha value is -1.11. The highest BCUT2D eigenvalue weighted by Crippen LogP contribution is 2.12. The van der Waals surface area contributed by atoms with E-state index in [1.807, 2.05) is 53.7 Å². The van der Waals surface area contributed by atoms with E-state index in [0.717, 1.165) is 29.3 Å². The van der Waals surface area contributed by atoms with Gasteiger partial charge in [0.15, 0.2) is 0 Å². The SMILES string of the molecule is C=C/C(C)=C(\C/C=C\C)N=C(C)C.CC.CCCCCC(C)C. The average molecular weight is 322 g/mol. The molecule has 0 aromatic heterocycles. The summed E-state index contributed by atoms with van der Waals surface area (Å²) in [4.78, 5) is 4.46. The minimum Gasteiger partial charge on any atom is -0.262 e. The van der Waals surface area contributed by atoms with Crippen molar-refractivity contribution in [3.63, 3.8) is 0 Å². The van der Waals surface area contributed by atoms with Gasteiger partial charge in [0.1, 0.15) is 0 Å². The van der Waals surface area contributed by atoms with Crippen LogP contribution in [0.15, 0.2) is 41.1 Å². The molecule has 0 fully saturated rings. The van der Waals surface area contributed by atoms with Crippen LogP contribution < -0.4 is 0 Å². The van der Waals surface area contributed by atoms with Crippen molar-refractivity contribution in [1.82, 2.24) is 0 Å². The fourth-order valence-electron chi connectivity index (χ4n) is 1.71. The van der Waals surface area contributed by atoms with E-state index in [4.69, 9.17) is 0 Å². The van der Waals surface area contributed by atoms with Crippen LogP contribution in [0.25, 0.3) is 0 Å². The summed E-state index contributed by atoms with van der Waals surface area (Å²) in [5.74, 6) is 0.904. The average Bonchev–Trinajstić information content (AvgIpc) is 2.53. The molecule has 0 saturated heterocycles. The topological polar surface area (TPSA) is 12.4 Å². The molecule has 0 rings (SSSR count). The van der Waals surface area contributed by atoms with E-state index in [1.165, 1.54) is 25.7 Å². The van der Waals surface area contributed by atoms with Crippen molar-refractivity contribution in [1.29, 1.82) is 0 Å². The summed E-state index contributed by atoms with van der Waals surface area (Å²) in [5.41, 5.74) is 3.34. The van der Waals surface area contributed by atoms with Crippen LogP contribution in [0, 0.1) is 5.92 Å². The van der Waals surface area contributed by atoms with Crippen molar-refractivity contribution >= 4 is 5.71 Å². The Balaban J connectivity index is -0.000000343. The molecule has 0 aliphatic heterocycles. The van der Waals surface area contributed by atoms with Crippen LogP contribution in [-0.4, -0.2) is 5.71 Å². The van der Waals surface area contributed by atoms with Crippen LogP contribution in [0.4, 0.5) is 0 Å². The summed E-state index contributed by atoms with van der Waals surface area (Å²) in [6, 6.07) is 0. The van der Waals surface area contributed by atoms with E-state index in [9.17, 15) is 0 Å². The summed E-state index contributed by atoms with van der Waals surface area (Å²) in [7, 11) is 0. The zero-order chi connectivity index (χ0) is 18.7. The van der Waals surface area contributed by atoms with Crippen molar-refractivity contribution < 1.29 is 0 Å². The number of rotatable bonds is 8. The van der Waals surface area contributed by atoms with Crippen LogP contribution in [0.2, 0.25) is 0 Å². The minimum absolute atomic E-state index is 0.888. The van der Waals surface area contributed by atoms with Gasteiger partial charge in [-0.2, -0.15) is 0 Å². The highest BCUT2D eigenvalue weighted by atomic mass is 14.7. The monoisotopic (exact) mass is 321 g/mol. The molecule has 136 valence electrons. The third kappa shape index (κ3) is 23.3. The lowest BCUT2D eigenvalue weighted by Gasteiger charge is -2.02. The Morgan fingerprint density at radius 3 is 2.00 bits per heavy atom. The first-order valence-electron chi connectivity index (χ1n) is 9.34. The van der Waals surface area contributed by atoms with Crippen molar-refractivity contribution in [2.75, 3.05) is 0 Å². The van der Waals surface area contributed by atoms with E-state index in [0.29, 0.717) is 0 Å².